The van der Waals surface area contributed by atoms with Crippen LogP contribution >= 0.6 is 0 Å². The fourth-order valence-electron chi connectivity index (χ4n) is 2.87. The summed E-state index contributed by atoms with van der Waals surface area (Å²) in [5.41, 5.74) is 0.968. The predicted octanol–water partition coefficient (Wildman–Crippen LogP) is 3.82. The number of benzene rings is 3. The third-order valence-corrected chi connectivity index (χ3v) is 4.29. The lowest BCUT2D eigenvalue weighted by atomic mass is 10.1. The molecule has 0 atom stereocenters. The monoisotopic (exact) mass is 389 g/mol. The molecular weight excluding hydrogens is 370 g/mol. The Morgan fingerprint density at radius 2 is 1.48 bits per heavy atom. The Morgan fingerprint density at radius 3 is 2.14 bits per heavy atom. The fourth-order valence-corrected chi connectivity index (χ4v) is 2.87. The van der Waals surface area contributed by atoms with Gasteiger partial charge in [-0.15, -0.1) is 0 Å². The number of hydrogen-bond acceptors (Lipinski definition) is 4. The first kappa shape index (κ1) is 19.8. The summed E-state index contributed by atoms with van der Waals surface area (Å²) in [6.45, 7) is 0.307. The lowest BCUT2D eigenvalue weighted by molar-refractivity contribution is -0.385. The van der Waals surface area contributed by atoms with Crippen LogP contribution in [-0.4, -0.2) is 23.3 Å². The van der Waals surface area contributed by atoms with E-state index < -0.39 is 16.7 Å². The lowest BCUT2D eigenvalue weighted by Crippen LogP contribution is -2.28. The summed E-state index contributed by atoms with van der Waals surface area (Å²) < 4.78 is 0. The molecule has 0 aliphatic rings. The number of carbonyl (C=O) groups excluding carboxylic acids is 2. The van der Waals surface area contributed by atoms with Crippen molar-refractivity contribution in [1.29, 1.82) is 0 Å². The van der Waals surface area contributed by atoms with Crippen LogP contribution in [0.3, 0.4) is 0 Å². The largest absolute Gasteiger partial charge is 0.351 e. The quantitative estimate of drug-likeness (QED) is 0.474. The molecule has 2 amide bonds. The molecule has 0 aliphatic carbocycles. The molecule has 0 spiro atoms. The number of anilines is 1. The van der Waals surface area contributed by atoms with Gasteiger partial charge in [-0.05, 0) is 30.2 Å². The number of nitro benzene ring substituents is 1. The van der Waals surface area contributed by atoms with Crippen molar-refractivity contribution >= 4 is 23.2 Å². The van der Waals surface area contributed by atoms with Crippen LogP contribution in [0.1, 0.15) is 26.3 Å². The number of hydrogen-bond donors (Lipinski definition) is 2. The molecule has 0 bridgehead atoms. The van der Waals surface area contributed by atoms with E-state index in [1.807, 2.05) is 30.3 Å². The zero-order chi connectivity index (χ0) is 20.6. The smallest absolute Gasteiger partial charge is 0.284 e. The molecule has 29 heavy (non-hydrogen) atoms. The average molecular weight is 389 g/mol. The first-order valence-electron chi connectivity index (χ1n) is 9.02. The third-order valence-electron chi connectivity index (χ3n) is 4.29. The third kappa shape index (κ3) is 5.04. The van der Waals surface area contributed by atoms with Crippen LogP contribution in [0.5, 0.6) is 0 Å². The zero-order valence-electron chi connectivity index (χ0n) is 15.5. The van der Waals surface area contributed by atoms with Crippen molar-refractivity contribution in [3.63, 3.8) is 0 Å². The molecule has 2 N–H and O–H groups in total. The molecule has 146 valence electrons. The van der Waals surface area contributed by atoms with E-state index in [1.165, 1.54) is 18.2 Å². The Balaban J connectivity index is 1.80. The van der Waals surface area contributed by atoms with Gasteiger partial charge in [0.05, 0.1) is 10.6 Å². The number of nitro groups is 1. The zero-order valence-corrected chi connectivity index (χ0v) is 15.5. The highest BCUT2D eigenvalue weighted by atomic mass is 16.6. The van der Waals surface area contributed by atoms with Gasteiger partial charge < -0.3 is 10.6 Å². The first-order valence-corrected chi connectivity index (χ1v) is 9.02. The van der Waals surface area contributed by atoms with Crippen LogP contribution in [0.2, 0.25) is 0 Å². The van der Waals surface area contributed by atoms with Gasteiger partial charge in [-0.25, -0.2) is 0 Å². The lowest BCUT2D eigenvalue weighted by Gasteiger charge is -2.12. The van der Waals surface area contributed by atoms with Gasteiger partial charge in [0, 0.05) is 18.2 Å². The topological polar surface area (TPSA) is 101 Å². The summed E-state index contributed by atoms with van der Waals surface area (Å²) in [7, 11) is 0. The molecule has 0 saturated carbocycles. The highest BCUT2D eigenvalue weighted by Crippen LogP contribution is 2.27. The minimum absolute atomic E-state index is 0.0882. The van der Waals surface area contributed by atoms with Gasteiger partial charge in [-0.2, -0.15) is 0 Å². The number of nitrogens with zero attached hydrogens (tertiary/aromatic N) is 1. The number of amides is 2. The maximum Gasteiger partial charge on any atom is 0.284 e. The van der Waals surface area contributed by atoms with E-state index >= 15 is 0 Å². The molecular formula is C22H19N3O4. The second-order valence-corrected chi connectivity index (χ2v) is 6.27. The number of carbonyl (C=O) groups is 2. The van der Waals surface area contributed by atoms with Crippen molar-refractivity contribution in [1.82, 2.24) is 5.32 Å². The van der Waals surface area contributed by atoms with Gasteiger partial charge in [-0.1, -0.05) is 54.6 Å². The summed E-state index contributed by atoms with van der Waals surface area (Å²) in [5, 5.41) is 16.8. The van der Waals surface area contributed by atoms with E-state index in [0.29, 0.717) is 18.5 Å². The summed E-state index contributed by atoms with van der Waals surface area (Å²) in [5.74, 6) is -1.07. The SMILES string of the molecule is O=C(Nc1cccc([N+](=O)[O-])c1C(=O)NCCc1ccccc1)c1ccccc1. The molecule has 0 fully saturated rings. The van der Waals surface area contributed by atoms with Crippen molar-refractivity contribution in [2.24, 2.45) is 0 Å². The van der Waals surface area contributed by atoms with E-state index in [1.54, 1.807) is 30.3 Å². The van der Waals surface area contributed by atoms with Gasteiger partial charge >= 0.3 is 0 Å². The minimum Gasteiger partial charge on any atom is -0.351 e. The molecule has 3 aromatic rings. The molecule has 0 radical (unpaired) electrons. The van der Waals surface area contributed by atoms with Crippen LogP contribution in [-0.2, 0) is 6.42 Å². The van der Waals surface area contributed by atoms with E-state index in [0.717, 1.165) is 5.56 Å². The van der Waals surface area contributed by atoms with Crippen LogP contribution < -0.4 is 10.6 Å². The Labute approximate surface area is 167 Å². The van der Waals surface area contributed by atoms with E-state index in [2.05, 4.69) is 10.6 Å². The molecule has 0 heterocycles. The van der Waals surface area contributed by atoms with Gasteiger partial charge in [0.25, 0.3) is 17.5 Å². The first-order chi connectivity index (χ1) is 14.1. The molecule has 3 aromatic carbocycles. The average Bonchev–Trinajstić information content (AvgIpc) is 2.74. The molecule has 0 aromatic heterocycles. The van der Waals surface area contributed by atoms with Gasteiger partial charge in [-0.3, -0.25) is 19.7 Å². The summed E-state index contributed by atoms with van der Waals surface area (Å²) in [4.78, 5) is 36.0. The van der Waals surface area contributed by atoms with E-state index in [-0.39, 0.29) is 16.9 Å². The molecule has 7 nitrogen and oxygen atoms in total. The molecule has 7 heteroatoms. The highest BCUT2D eigenvalue weighted by Gasteiger charge is 2.25. The second kappa shape index (κ2) is 9.27. The number of nitrogens with one attached hydrogen (secondary N) is 2. The summed E-state index contributed by atoms with van der Waals surface area (Å²) in [6, 6.07) is 22.1. The fraction of sp³-hybridized carbons (Fsp3) is 0.0909. The van der Waals surface area contributed by atoms with Crippen LogP contribution in [0.25, 0.3) is 0 Å². The van der Waals surface area contributed by atoms with E-state index in [4.69, 9.17) is 0 Å². The maximum atomic E-state index is 12.7. The van der Waals surface area contributed by atoms with Crippen LogP contribution in [0.4, 0.5) is 11.4 Å². The molecule has 0 aliphatic heterocycles. The predicted molar refractivity (Wildman–Crippen MR) is 110 cm³/mol. The number of rotatable bonds is 7. The van der Waals surface area contributed by atoms with Crippen molar-refractivity contribution < 1.29 is 14.5 Å². The highest BCUT2D eigenvalue weighted by molar-refractivity contribution is 6.10. The van der Waals surface area contributed by atoms with Crippen molar-refractivity contribution in [3.05, 3.63) is 106 Å². The van der Waals surface area contributed by atoms with Crippen LogP contribution in [0.15, 0.2) is 78.9 Å². The van der Waals surface area contributed by atoms with Gasteiger partial charge in [0.15, 0.2) is 0 Å². The Kier molecular flexibility index (Phi) is 6.32. The molecule has 0 saturated heterocycles. The Hall–Kier alpha value is -4.00. The normalized spacial score (nSPS) is 10.2. The summed E-state index contributed by atoms with van der Waals surface area (Å²) >= 11 is 0. The van der Waals surface area contributed by atoms with Gasteiger partial charge in [0.2, 0.25) is 0 Å². The molecule has 0 unspecified atom stereocenters. The Morgan fingerprint density at radius 1 is 0.828 bits per heavy atom. The van der Waals surface area contributed by atoms with Crippen molar-refractivity contribution in [2.45, 2.75) is 6.42 Å². The standard InChI is InChI=1S/C22H19N3O4/c26-21(17-10-5-2-6-11-17)24-18-12-7-13-19(25(28)29)20(18)22(27)23-15-14-16-8-3-1-4-9-16/h1-13H,14-15H2,(H,23,27)(H,24,26). The van der Waals surface area contributed by atoms with Crippen LogP contribution in [0, 0.1) is 10.1 Å². The second-order valence-electron chi connectivity index (χ2n) is 6.27. The summed E-state index contributed by atoms with van der Waals surface area (Å²) in [6.07, 6.45) is 0.582. The van der Waals surface area contributed by atoms with Gasteiger partial charge in [0.1, 0.15) is 5.56 Å². The minimum atomic E-state index is -0.635. The van der Waals surface area contributed by atoms with E-state index in [9.17, 15) is 19.7 Å². The Bertz CT molecular complexity index is 1020. The molecule has 3 rings (SSSR count). The maximum absolute atomic E-state index is 12.7. The van der Waals surface area contributed by atoms with Crippen molar-refractivity contribution in [3.8, 4) is 0 Å². The van der Waals surface area contributed by atoms with Crippen molar-refractivity contribution in [2.75, 3.05) is 11.9 Å².